The second kappa shape index (κ2) is 17.3. The number of likely N-dealkylation sites (tertiary alicyclic amines) is 1. The molecule has 3 atom stereocenters. The molecule has 2 saturated carbocycles. The number of alkyl carbamates (subject to hydrolysis) is 1. The molecule has 5 rings (SSSR count). The Hall–Kier alpha value is -4.20. The third-order valence-electron chi connectivity index (χ3n) is 11.0. The fraction of sp³-hybridized carbons (Fsp3) is 0.667. The number of likely N-dealkylation sites (N-methyl/N-ethyl adjacent to an activating group) is 1. The molecule has 1 aromatic carbocycles. The van der Waals surface area contributed by atoms with Crippen molar-refractivity contribution in [3.63, 3.8) is 0 Å². The molecule has 3 fully saturated rings. The molecule has 0 bridgehead atoms. The van der Waals surface area contributed by atoms with Crippen LogP contribution in [0.15, 0.2) is 28.7 Å². The molecular weight excluding hydrogens is 687 g/mol. The minimum atomic E-state index is -0.776. The summed E-state index contributed by atoms with van der Waals surface area (Å²) in [6.45, 7) is 4.59. The predicted octanol–water partition coefficient (Wildman–Crippen LogP) is 5.71. The van der Waals surface area contributed by atoms with Crippen molar-refractivity contribution in [2.45, 2.75) is 102 Å². The monoisotopic (exact) mass is 742 g/mol. The van der Waals surface area contributed by atoms with Crippen LogP contribution in [0.2, 0.25) is 0 Å². The molecule has 2 aromatic rings. The quantitative estimate of drug-likeness (QED) is 0.276. The van der Waals surface area contributed by atoms with Gasteiger partial charge in [-0.05, 0) is 121 Å². The van der Waals surface area contributed by atoms with Gasteiger partial charge in [0.15, 0.2) is 6.61 Å². The number of carbonyl (C=O) groups excluding carboxylic acids is 5. The number of carbonyl (C=O) groups is 5. The number of nitrogens with one attached hydrogen (secondary N) is 2. The van der Waals surface area contributed by atoms with Crippen molar-refractivity contribution < 1.29 is 47.0 Å². The summed E-state index contributed by atoms with van der Waals surface area (Å²) in [5.74, 6) is -1.73. The molecule has 2 aliphatic carbocycles. The molecular formula is C39H55FN4O9. The highest BCUT2D eigenvalue weighted by molar-refractivity contribution is 6.00. The van der Waals surface area contributed by atoms with Crippen molar-refractivity contribution in [3.05, 3.63) is 30.0 Å². The molecule has 53 heavy (non-hydrogen) atoms. The van der Waals surface area contributed by atoms with Gasteiger partial charge in [-0.1, -0.05) is 0 Å². The van der Waals surface area contributed by atoms with Gasteiger partial charge in [-0.3, -0.25) is 14.4 Å². The van der Waals surface area contributed by atoms with E-state index in [1.807, 2.05) is 0 Å². The van der Waals surface area contributed by atoms with Gasteiger partial charge in [0.2, 0.25) is 17.6 Å². The van der Waals surface area contributed by atoms with Crippen LogP contribution in [-0.4, -0.2) is 104 Å². The van der Waals surface area contributed by atoms with Crippen molar-refractivity contribution in [1.82, 2.24) is 15.1 Å². The zero-order chi connectivity index (χ0) is 38.4. The highest BCUT2D eigenvalue weighted by atomic mass is 19.1. The molecule has 1 aromatic heterocycles. The molecule has 4 amide bonds. The average Bonchev–Trinajstić information content (AvgIpc) is 3.77. The van der Waals surface area contributed by atoms with Gasteiger partial charge in [-0.15, -0.1) is 0 Å². The Bertz CT molecular complexity index is 1620. The first-order chi connectivity index (χ1) is 25.2. The van der Waals surface area contributed by atoms with Crippen LogP contribution in [0, 0.1) is 23.7 Å². The average molecular weight is 743 g/mol. The molecule has 2 heterocycles. The van der Waals surface area contributed by atoms with Gasteiger partial charge < -0.3 is 39.1 Å². The first-order valence-corrected chi connectivity index (χ1v) is 18.8. The van der Waals surface area contributed by atoms with E-state index < -0.39 is 43.0 Å². The van der Waals surface area contributed by atoms with Gasteiger partial charge >= 0.3 is 12.1 Å². The molecule has 0 unspecified atom stereocenters. The van der Waals surface area contributed by atoms with E-state index in [-0.39, 0.29) is 53.3 Å². The zero-order valence-electron chi connectivity index (χ0n) is 31.8. The lowest BCUT2D eigenvalue weighted by atomic mass is 9.75. The Morgan fingerprint density at radius 3 is 2.30 bits per heavy atom. The first kappa shape index (κ1) is 40.0. The molecule has 292 valence electrons. The number of furan rings is 1. The van der Waals surface area contributed by atoms with Crippen molar-refractivity contribution in [2.24, 2.45) is 23.7 Å². The number of benzene rings is 1. The zero-order valence-corrected chi connectivity index (χ0v) is 31.8. The van der Waals surface area contributed by atoms with E-state index in [1.54, 1.807) is 65.1 Å². The number of rotatable bonds is 11. The molecule has 0 spiro atoms. The topological polar surface area (TPSA) is 157 Å². The highest BCUT2D eigenvalue weighted by Crippen LogP contribution is 2.42. The van der Waals surface area contributed by atoms with E-state index in [4.69, 9.17) is 18.6 Å². The van der Waals surface area contributed by atoms with Crippen LogP contribution in [-0.2, 0) is 28.6 Å². The van der Waals surface area contributed by atoms with Gasteiger partial charge in [0, 0.05) is 44.7 Å². The van der Waals surface area contributed by atoms with Gasteiger partial charge in [-0.25, -0.2) is 14.0 Å². The standard InChI is InChI=1S/C39H55FN4O9/c1-39(2,3)53-38(49)42-30(21-40)24-7-9-25(10-8-24)36(47)44-18-17-29(23-11-14-28(50-6)15-12-23)34(44)35(46)41-27-13-16-31-26(19-27)20-32(52-31)37(48)51-22-33(45)43(4)5/h13,16,19-20,23-25,28-30,34H,7-12,14-15,17-18,21-22H2,1-6H3,(H,41,46)(H,42,49)/t23?,24?,25?,28?,29-,30+,34-/m0/s1. The van der Waals surface area contributed by atoms with Crippen molar-refractivity contribution in [3.8, 4) is 0 Å². The number of hydrogen-bond donors (Lipinski definition) is 2. The molecule has 1 aliphatic heterocycles. The first-order valence-electron chi connectivity index (χ1n) is 18.8. The van der Waals surface area contributed by atoms with Gasteiger partial charge in [0.1, 0.15) is 23.9 Å². The van der Waals surface area contributed by atoms with E-state index in [0.29, 0.717) is 55.3 Å². The Kier molecular flexibility index (Phi) is 13.1. The van der Waals surface area contributed by atoms with Crippen LogP contribution < -0.4 is 10.6 Å². The molecule has 0 radical (unpaired) electrons. The van der Waals surface area contributed by atoms with Crippen molar-refractivity contribution >= 4 is 46.4 Å². The Balaban J connectivity index is 1.27. The predicted molar refractivity (Wildman–Crippen MR) is 195 cm³/mol. The van der Waals surface area contributed by atoms with Crippen LogP contribution in [0.4, 0.5) is 14.9 Å². The van der Waals surface area contributed by atoms with Crippen molar-refractivity contribution in [1.29, 1.82) is 0 Å². The van der Waals surface area contributed by atoms with Gasteiger partial charge in [0.25, 0.3) is 5.91 Å². The third kappa shape index (κ3) is 10.1. The number of fused-ring (bicyclic) bond motifs is 1. The molecule has 13 nitrogen and oxygen atoms in total. The minimum absolute atomic E-state index is 0.0223. The maximum absolute atomic E-state index is 14.3. The number of hydrogen-bond acceptors (Lipinski definition) is 9. The van der Waals surface area contributed by atoms with Crippen LogP contribution >= 0.6 is 0 Å². The van der Waals surface area contributed by atoms with E-state index in [9.17, 15) is 28.4 Å². The van der Waals surface area contributed by atoms with E-state index in [0.717, 1.165) is 25.7 Å². The highest BCUT2D eigenvalue weighted by Gasteiger charge is 2.47. The number of halogens is 1. The summed E-state index contributed by atoms with van der Waals surface area (Å²) in [7, 11) is 4.85. The largest absolute Gasteiger partial charge is 0.450 e. The van der Waals surface area contributed by atoms with Crippen LogP contribution in [0.5, 0.6) is 0 Å². The Morgan fingerprint density at radius 2 is 1.68 bits per heavy atom. The summed E-state index contributed by atoms with van der Waals surface area (Å²) in [6, 6.07) is 5.17. The summed E-state index contributed by atoms with van der Waals surface area (Å²) in [5.41, 5.74) is 0.198. The molecule has 14 heteroatoms. The number of esters is 1. The molecule has 1 saturated heterocycles. The second-order valence-electron chi connectivity index (χ2n) is 15.9. The SMILES string of the molecule is COC1CCC([C@@H]2CCN(C(=O)C3CCC([C@@H](CF)NC(=O)OC(C)(C)C)CC3)[C@@H]2C(=O)Nc2ccc3oc(C(=O)OCC(=O)N(C)C)cc3c2)CC1. The van der Waals surface area contributed by atoms with Crippen LogP contribution in [0.25, 0.3) is 11.0 Å². The summed E-state index contributed by atoms with van der Waals surface area (Å²) in [4.78, 5) is 68.3. The lowest BCUT2D eigenvalue weighted by Gasteiger charge is -2.38. The number of nitrogens with zero attached hydrogens (tertiary/aromatic N) is 2. The summed E-state index contributed by atoms with van der Waals surface area (Å²) in [6.07, 6.45) is 6.11. The fourth-order valence-corrected chi connectivity index (χ4v) is 8.16. The lowest BCUT2D eigenvalue weighted by molar-refractivity contribution is -0.142. The lowest BCUT2D eigenvalue weighted by Crippen LogP contribution is -2.50. The summed E-state index contributed by atoms with van der Waals surface area (Å²) < 4.78 is 35.8. The number of methoxy groups -OCH3 is 1. The number of alkyl halides is 1. The minimum Gasteiger partial charge on any atom is -0.450 e. The summed E-state index contributed by atoms with van der Waals surface area (Å²) in [5, 5.41) is 6.29. The van der Waals surface area contributed by atoms with Crippen molar-refractivity contribution in [2.75, 3.05) is 46.3 Å². The number of ether oxygens (including phenoxy) is 3. The fourth-order valence-electron chi connectivity index (χ4n) is 8.16. The smallest absolute Gasteiger partial charge is 0.407 e. The Labute approximate surface area is 310 Å². The van der Waals surface area contributed by atoms with Crippen LogP contribution in [0.1, 0.15) is 89.1 Å². The van der Waals surface area contributed by atoms with Gasteiger partial charge in [0.05, 0.1) is 12.1 Å². The maximum atomic E-state index is 14.3. The van der Waals surface area contributed by atoms with E-state index in [2.05, 4.69) is 10.6 Å². The normalized spacial score (nSPS) is 25.4. The Morgan fingerprint density at radius 1 is 0.981 bits per heavy atom. The molecule has 3 aliphatic rings. The number of amides is 4. The van der Waals surface area contributed by atoms with Gasteiger partial charge in [-0.2, -0.15) is 0 Å². The summed E-state index contributed by atoms with van der Waals surface area (Å²) >= 11 is 0. The molecule has 2 N–H and O–H groups in total. The van der Waals surface area contributed by atoms with Crippen LogP contribution in [0.3, 0.4) is 0 Å². The van der Waals surface area contributed by atoms with E-state index in [1.165, 1.54) is 11.0 Å². The second-order valence-corrected chi connectivity index (χ2v) is 15.9. The maximum Gasteiger partial charge on any atom is 0.407 e. The van der Waals surface area contributed by atoms with E-state index >= 15 is 0 Å². The third-order valence-corrected chi connectivity index (χ3v) is 11.0. The number of anilines is 1.